The zero-order valence-corrected chi connectivity index (χ0v) is 13.1. The predicted molar refractivity (Wildman–Crippen MR) is 77.5 cm³/mol. The van der Waals surface area contributed by atoms with E-state index < -0.39 is 33.7 Å². The summed E-state index contributed by atoms with van der Waals surface area (Å²) in [5, 5.41) is 8.75. The molecule has 1 aromatic carbocycles. The Hall–Kier alpha value is -1.34. The fourth-order valence-electron chi connectivity index (χ4n) is 1.52. The zero-order chi connectivity index (χ0) is 16.4. The number of carboxylic acids is 1. The molecule has 21 heavy (non-hydrogen) atoms. The summed E-state index contributed by atoms with van der Waals surface area (Å²) in [7, 11) is -1.83. The van der Waals surface area contributed by atoms with Crippen LogP contribution in [0.25, 0.3) is 0 Å². The Morgan fingerprint density at radius 2 is 1.71 bits per heavy atom. The van der Waals surface area contributed by atoms with Crippen LogP contribution in [-0.4, -0.2) is 26.0 Å². The number of carbonyl (C=O) groups is 1. The van der Waals surface area contributed by atoms with Gasteiger partial charge in [-0.2, -0.15) is 8.78 Å². The number of rotatable bonds is 5. The molecule has 0 saturated heterocycles. The van der Waals surface area contributed by atoms with Gasteiger partial charge in [-0.3, -0.25) is 0 Å². The van der Waals surface area contributed by atoms with Crippen LogP contribution in [0.4, 0.5) is 8.78 Å². The van der Waals surface area contributed by atoms with Crippen LogP contribution < -0.4 is 4.72 Å². The number of hydrogen-bond acceptors (Lipinski definition) is 2. The summed E-state index contributed by atoms with van der Waals surface area (Å²) in [5.74, 6) is -6.33. The fourth-order valence-corrected chi connectivity index (χ4v) is 2.37. The molecule has 1 rings (SSSR count). The van der Waals surface area contributed by atoms with Gasteiger partial charge in [-0.1, -0.05) is 29.8 Å². The third-order valence-corrected chi connectivity index (χ3v) is 4.40. The van der Waals surface area contributed by atoms with E-state index in [9.17, 15) is 17.8 Å². The van der Waals surface area contributed by atoms with Crippen LogP contribution in [-0.2, 0) is 15.8 Å². The number of alkyl halides is 2. The molecule has 0 unspecified atom stereocenters. The normalized spacial score (nSPS) is 15.5. The lowest BCUT2D eigenvalue weighted by Crippen LogP contribution is -2.47. The van der Waals surface area contributed by atoms with Gasteiger partial charge in [-0.15, -0.1) is 0 Å². The highest BCUT2D eigenvalue weighted by Crippen LogP contribution is 2.33. The van der Waals surface area contributed by atoms with Crippen molar-refractivity contribution in [1.82, 2.24) is 4.72 Å². The largest absolute Gasteiger partial charge is 0.477 e. The van der Waals surface area contributed by atoms with E-state index in [-0.39, 0.29) is 5.56 Å². The Labute approximate surface area is 125 Å². The van der Waals surface area contributed by atoms with Crippen LogP contribution in [0.15, 0.2) is 24.3 Å². The number of benzene rings is 1. The molecule has 0 heterocycles. The van der Waals surface area contributed by atoms with Crippen LogP contribution in [0.1, 0.15) is 37.9 Å². The van der Waals surface area contributed by atoms with Gasteiger partial charge in [0.05, 0.1) is 15.7 Å². The van der Waals surface area contributed by atoms with Crippen LogP contribution in [0, 0.1) is 6.92 Å². The molecule has 0 fully saturated rings. The minimum Gasteiger partial charge on any atom is -0.477 e. The second-order valence-corrected chi connectivity index (χ2v) is 7.77. The maximum absolute atomic E-state index is 13.9. The van der Waals surface area contributed by atoms with Gasteiger partial charge in [0.1, 0.15) is 6.04 Å². The van der Waals surface area contributed by atoms with E-state index in [1.54, 1.807) is 39.8 Å². The van der Waals surface area contributed by atoms with E-state index in [2.05, 4.69) is 4.72 Å². The molecule has 2 atom stereocenters. The zero-order valence-electron chi connectivity index (χ0n) is 12.3. The molecule has 0 aromatic heterocycles. The van der Waals surface area contributed by atoms with E-state index in [4.69, 9.17) is 5.11 Å². The molecule has 0 spiro atoms. The molecule has 7 heteroatoms. The molecule has 0 aliphatic carbocycles. The standard InChI is InChI=1S/C14H19F2NO3S/c1-9-5-7-10(8-6-9)11(14(15,16)12(18)19)17-21(20)13(2,3)4/h5-8,11,17H,1-4H3,(H,18,19)/t11-,21-/m1/s1. The van der Waals surface area contributed by atoms with E-state index in [0.29, 0.717) is 0 Å². The summed E-state index contributed by atoms with van der Waals surface area (Å²) in [6, 6.07) is 4.15. The molecular formula is C14H19F2NO3S. The Bertz CT molecular complexity index is 538. The Balaban J connectivity index is 3.21. The third-order valence-electron chi connectivity index (χ3n) is 2.84. The number of halogens is 2. The smallest absolute Gasteiger partial charge is 0.376 e. The first kappa shape index (κ1) is 17.7. The van der Waals surface area contributed by atoms with Gasteiger partial charge >= 0.3 is 11.9 Å². The van der Waals surface area contributed by atoms with Gasteiger partial charge < -0.3 is 5.11 Å². The van der Waals surface area contributed by atoms with Gasteiger partial charge in [0.15, 0.2) is 0 Å². The Morgan fingerprint density at radius 3 is 2.10 bits per heavy atom. The lowest BCUT2D eigenvalue weighted by molar-refractivity contribution is -0.168. The van der Waals surface area contributed by atoms with Crippen LogP contribution in [0.5, 0.6) is 0 Å². The number of nitrogens with one attached hydrogen (secondary N) is 1. The van der Waals surface area contributed by atoms with E-state index in [0.717, 1.165) is 5.56 Å². The first-order valence-electron chi connectivity index (χ1n) is 6.32. The van der Waals surface area contributed by atoms with Gasteiger partial charge in [0, 0.05) is 0 Å². The van der Waals surface area contributed by atoms with Crippen molar-refractivity contribution in [3.05, 3.63) is 35.4 Å². The second-order valence-electron chi connectivity index (χ2n) is 5.77. The van der Waals surface area contributed by atoms with Crippen molar-refractivity contribution in [3.63, 3.8) is 0 Å². The summed E-state index contributed by atoms with van der Waals surface area (Å²) in [4.78, 5) is 10.8. The van der Waals surface area contributed by atoms with E-state index >= 15 is 0 Å². The topological polar surface area (TPSA) is 66.4 Å². The quantitative estimate of drug-likeness (QED) is 0.877. The summed E-state index contributed by atoms with van der Waals surface area (Å²) >= 11 is 0. The predicted octanol–water partition coefficient (Wildman–Crippen LogP) is 2.81. The monoisotopic (exact) mass is 319 g/mol. The average Bonchev–Trinajstić information content (AvgIpc) is 2.35. The number of aliphatic carboxylic acids is 1. The highest BCUT2D eigenvalue weighted by molar-refractivity contribution is 7.84. The van der Waals surface area contributed by atoms with Crippen LogP contribution in [0.2, 0.25) is 0 Å². The molecule has 0 radical (unpaired) electrons. The second kappa shape index (κ2) is 6.19. The lowest BCUT2D eigenvalue weighted by Gasteiger charge is -2.28. The van der Waals surface area contributed by atoms with Crippen molar-refractivity contribution >= 4 is 17.0 Å². The van der Waals surface area contributed by atoms with Gasteiger partial charge in [0.2, 0.25) is 0 Å². The first-order chi connectivity index (χ1) is 9.46. The summed E-state index contributed by atoms with van der Waals surface area (Å²) < 4.78 is 41.4. The molecule has 1 aromatic rings. The molecule has 0 amide bonds. The van der Waals surface area contributed by atoms with Gasteiger partial charge in [-0.05, 0) is 33.3 Å². The van der Waals surface area contributed by atoms with Crippen LogP contribution in [0.3, 0.4) is 0 Å². The molecule has 4 nitrogen and oxygen atoms in total. The van der Waals surface area contributed by atoms with Crippen molar-refractivity contribution in [1.29, 1.82) is 0 Å². The molecule has 0 bridgehead atoms. The number of carboxylic acid groups (broad SMARTS) is 1. The van der Waals surface area contributed by atoms with Crippen molar-refractivity contribution in [2.24, 2.45) is 0 Å². The minimum atomic E-state index is -4.07. The molecule has 0 aliphatic rings. The van der Waals surface area contributed by atoms with Gasteiger partial charge in [0.25, 0.3) is 0 Å². The maximum atomic E-state index is 13.9. The SMILES string of the molecule is Cc1ccc([C@@H](N[S@](=O)C(C)(C)C)C(F)(F)C(=O)O)cc1. The molecule has 118 valence electrons. The first-order valence-corrected chi connectivity index (χ1v) is 7.47. The van der Waals surface area contributed by atoms with Crippen molar-refractivity contribution in [3.8, 4) is 0 Å². The number of hydrogen-bond donors (Lipinski definition) is 2. The lowest BCUT2D eigenvalue weighted by atomic mass is 10.0. The van der Waals surface area contributed by atoms with E-state index in [1.807, 2.05) is 0 Å². The highest BCUT2D eigenvalue weighted by Gasteiger charge is 2.49. The Kier molecular flexibility index (Phi) is 5.22. The molecule has 2 N–H and O–H groups in total. The molecule has 0 aliphatic heterocycles. The summed E-state index contributed by atoms with van der Waals surface area (Å²) in [6.07, 6.45) is 0. The molecular weight excluding hydrogens is 300 g/mol. The summed E-state index contributed by atoms with van der Waals surface area (Å²) in [5.41, 5.74) is 0.929. The van der Waals surface area contributed by atoms with Crippen molar-refractivity contribution in [2.75, 3.05) is 0 Å². The third kappa shape index (κ3) is 4.31. The minimum absolute atomic E-state index is 0.0746. The van der Waals surface area contributed by atoms with Crippen LogP contribution >= 0.6 is 0 Å². The summed E-state index contributed by atoms with van der Waals surface area (Å²) in [6.45, 7) is 6.62. The fraction of sp³-hybridized carbons (Fsp3) is 0.500. The van der Waals surface area contributed by atoms with E-state index in [1.165, 1.54) is 12.1 Å². The molecule has 0 saturated carbocycles. The van der Waals surface area contributed by atoms with Gasteiger partial charge in [-0.25, -0.2) is 13.7 Å². The average molecular weight is 319 g/mol. The Morgan fingerprint density at radius 1 is 1.24 bits per heavy atom. The highest BCUT2D eigenvalue weighted by atomic mass is 32.2. The van der Waals surface area contributed by atoms with Crippen molar-refractivity contribution in [2.45, 2.75) is 44.4 Å². The van der Waals surface area contributed by atoms with Crippen molar-refractivity contribution < 1.29 is 22.9 Å². The number of aryl methyl sites for hydroxylation is 1. The maximum Gasteiger partial charge on any atom is 0.376 e.